The van der Waals surface area contributed by atoms with Gasteiger partial charge in [0.05, 0.1) is 19.2 Å². The van der Waals surface area contributed by atoms with E-state index in [0.717, 1.165) is 11.2 Å². The molecule has 4 rings (SSSR count). The maximum absolute atomic E-state index is 12.1. The smallest absolute Gasteiger partial charge is 0.414 e. The van der Waals surface area contributed by atoms with Crippen molar-refractivity contribution in [3.8, 4) is 0 Å². The first kappa shape index (κ1) is 18.7. The van der Waals surface area contributed by atoms with Crippen LogP contribution < -0.4 is 10.2 Å². The number of amides is 1. The highest BCUT2D eigenvalue weighted by atomic mass is 16.6. The molecule has 1 aromatic heterocycles. The summed E-state index contributed by atoms with van der Waals surface area (Å²) < 4.78 is 11.4. The third-order valence-electron chi connectivity index (χ3n) is 4.61. The fourth-order valence-corrected chi connectivity index (χ4v) is 3.38. The third kappa shape index (κ3) is 3.59. The quantitative estimate of drug-likeness (QED) is 0.716. The molecule has 1 amide bonds. The zero-order chi connectivity index (χ0) is 19.4. The number of nitrogens with one attached hydrogen (secondary N) is 1. The Kier molecular flexibility index (Phi) is 5.61. The van der Waals surface area contributed by atoms with Gasteiger partial charge < -0.3 is 19.4 Å². The monoisotopic (exact) mass is 369 g/mol. The number of rotatable bonds is 4. The topological polar surface area (TPSA) is 72.8 Å². The number of ether oxygens (including phenoxy) is 2. The van der Waals surface area contributed by atoms with Crippen LogP contribution in [0.25, 0.3) is 21.8 Å². The second kappa shape index (κ2) is 8.09. The van der Waals surface area contributed by atoms with Crippen LogP contribution in [-0.4, -0.2) is 50.5 Å². The van der Waals surface area contributed by atoms with Crippen molar-refractivity contribution in [1.82, 2.24) is 9.88 Å². The Bertz CT molecular complexity index is 966. The number of anilines is 1. The molecule has 1 N–H and O–H groups in total. The van der Waals surface area contributed by atoms with Crippen LogP contribution in [0.3, 0.4) is 0 Å². The van der Waals surface area contributed by atoms with Crippen molar-refractivity contribution in [2.75, 3.05) is 32.1 Å². The van der Waals surface area contributed by atoms with Crippen molar-refractivity contribution in [2.45, 2.75) is 6.10 Å². The first-order valence-electron chi connectivity index (χ1n) is 8.67. The molecule has 0 spiro atoms. The molecule has 0 radical (unpaired) electrons. The Hall–Kier alpha value is -3.06. The minimum atomic E-state index is -0.275. The number of benzene rings is 2. The van der Waals surface area contributed by atoms with E-state index in [-0.39, 0.29) is 12.2 Å². The lowest BCUT2D eigenvalue weighted by Crippen LogP contribution is -2.29. The van der Waals surface area contributed by atoms with E-state index in [1.807, 2.05) is 19.2 Å². The number of hydrogen-bond acceptors (Lipinski definition) is 5. The Labute approximate surface area is 157 Å². The predicted octanol–water partition coefficient (Wildman–Crippen LogP) is 2.67. The highest BCUT2D eigenvalue weighted by molar-refractivity contribution is 6.09. The molecule has 0 bridgehead atoms. The minimum absolute atomic E-state index is 0.101. The molecule has 1 unspecified atom stereocenters. The second-order valence-corrected chi connectivity index (χ2v) is 6.28. The fourth-order valence-electron chi connectivity index (χ4n) is 3.38. The normalized spacial score (nSPS) is 16.2. The van der Waals surface area contributed by atoms with Gasteiger partial charge >= 0.3 is 6.09 Å². The highest BCUT2D eigenvalue weighted by Gasteiger charge is 2.32. The zero-order valence-corrected chi connectivity index (χ0v) is 15.6. The summed E-state index contributed by atoms with van der Waals surface area (Å²) in [6, 6.07) is 14.5. The number of cyclic esters (lactones) is 1. The summed E-state index contributed by atoms with van der Waals surface area (Å²) in [6.45, 7) is 1.62. The lowest BCUT2D eigenvalue weighted by Gasteiger charge is -2.13. The van der Waals surface area contributed by atoms with Crippen LogP contribution in [0.1, 0.15) is 0 Å². The van der Waals surface area contributed by atoms with Gasteiger partial charge in [-0.15, -0.1) is 0 Å². The highest BCUT2D eigenvalue weighted by Crippen LogP contribution is 2.32. The number of fused-ring (bicyclic) bond motifs is 3. The molecule has 2 aromatic carbocycles. The standard InChI is InChI=1S/C18H19N3O2.C2H4O2/c1-19-10-13-11-21(18(22)23-13)12-7-8-15-14-5-3-4-6-16(14)20(2)17(15)9-12;1-4-2-3/h3-9,13,19H,10-11H2,1-2H3;2H,1H3. The average Bonchev–Trinajstić information content (AvgIpc) is 3.20. The molecule has 1 atom stereocenters. The number of methoxy groups -OCH3 is 1. The van der Waals surface area contributed by atoms with Crippen LogP contribution >= 0.6 is 0 Å². The summed E-state index contributed by atoms with van der Waals surface area (Å²) in [5.41, 5.74) is 3.19. The van der Waals surface area contributed by atoms with E-state index in [0.29, 0.717) is 19.6 Å². The number of carbonyl (C=O) groups excluding carboxylic acids is 2. The maximum atomic E-state index is 12.1. The van der Waals surface area contributed by atoms with Crippen molar-refractivity contribution < 1.29 is 19.1 Å². The molecule has 1 fully saturated rings. The number of nitrogens with zero attached hydrogens (tertiary/aromatic N) is 2. The molecule has 142 valence electrons. The Morgan fingerprint density at radius 3 is 2.63 bits per heavy atom. The summed E-state index contributed by atoms with van der Waals surface area (Å²) in [5, 5.41) is 5.48. The molecule has 0 aliphatic carbocycles. The second-order valence-electron chi connectivity index (χ2n) is 6.28. The first-order valence-corrected chi connectivity index (χ1v) is 8.67. The van der Waals surface area contributed by atoms with Crippen LogP contribution in [0, 0.1) is 0 Å². The number of aromatic nitrogens is 1. The van der Waals surface area contributed by atoms with Crippen LogP contribution in [0.2, 0.25) is 0 Å². The number of para-hydroxylation sites is 1. The first-order chi connectivity index (χ1) is 13.1. The Morgan fingerprint density at radius 2 is 1.93 bits per heavy atom. The largest absolute Gasteiger partial charge is 0.471 e. The summed E-state index contributed by atoms with van der Waals surface area (Å²) in [6.07, 6.45) is -0.376. The molecule has 27 heavy (non-hydrogen) atoms. The number of hydrogen-bond donors (Lipinski definition) is 1. The van der Waals surface area contributed by atoms with E-state index in [2.05, 4.69) is 52.0 Å². The van der Waals surface area contributed by atoms with Crippen molar-refractivity contribution in [3.05, 3.63) is 42.5 Å². The molecule has 3 aromatic rings. The van der Waals surface area contributed by atoms with Crippen molar-refractivity contribution in [1.29, 1.82) is 0 Å². The SMILES string of the molecule is CNCC1CN(c2ccc3c4ccccc4n(C)c3c2)C(=O)O1.COC=O. The Morgan fingerprint density at radius 1 is 1.22 bits per heavy atom. The molecule has 1 aliphatic heterocycles. The van der Waals surface area contributed by atoms with Crippen LogP contribution in [0.5, 0.6) is 0 Å². The van der Waals surface area contributed by atoms with E-state index in [4.69, 9.17) is 9.53 Å². The Balaban J connectivity index is 0.000000481. The molecular formula is C20H23N3O4. The van der Waals surface area contributed by atoms with Crippen LogP contribution in [0.15, 0.2) is 42.5 Å². The van der Waals surface area contributed by atoms with Crippen molar-refractivity contribution in [3.63, 3.8) is 0 Å². The summed E-state index contributed by atoms with van der Waals surface area (Å²) >= 11 is 0. The van der Waals surface area contributed by atoms with Crippen LogP contribution in [-0.2, 0) is 21.3 Å². The molecule has 7 nitrogen and oxygen atoms in total. The van der Waals surface area contributed by atoms with Crippen molar-refractivity contribution in [2.24, 2.45) is 7.05 Å². The lowest BCUT2D eigenvalue weighted by atomic mass is 10.1. The van der Waals surface area contributed by atoms with Gasteiger partial charge in [-0.25, -0.2) is 4.79 Å². The van der Waals surface area contributed by atoms with Gasteiger partial charge in [-0.3, -0.25) is 9.69 Å². The molecule has 7 heteroatoms. The van der Waals surface area contributed by atoms with E-state index in [1.165, 1.54) is 23.4 Å². The third-order valence-corrected chi connectivity index (χ3v) is 4.61. The van der Waals surface area contributed by atoms with Gasteiger partial charge in [0.15, 0.2) is 0 Å². The lowest BCUT2D eigenvalue weighted by molar-refractivity contribution is -0.126. The van der Waals surface area contributed by atoms with Gasteiger partial charge in [-0.05, 0) is 25.2 Å². The van der Waals surface area contributed by atoms with Gasteiger partial charge in [0.1, 0.15) is 6.10 Å². The van der Waals surface area contributed by atoms with E-state index in [1.54, 1.807) is 4.90 Å². The number of carbonyl (C=O) groups is 2. The summed E-state index contributed by atoms with van der Waals surface area (Å²) in [7, 11) is 5.23. The summed E-state index contributed by atoms with van der Waals surface area (Å²) in [4.78, 5) is 22.8. The fraction of sp³-hybridized carbons (Fsp3) is 0.300. The van der Waals surface area contributed by atoms with Gasteiger partial charge in [0.2, 0.25) is 0 Å². The van der Waals surface area contributed by atoms with Gasteiger partial charge in [0, 0.05) is 35.6 Å². The molecule has 2 heterocycles. The van der Waals surface area contributed by atoms with Gasteiger partial charge in [0.25, 0.3) is 6.47 Å². The van der Waals surface area contributed by atoms with Crippen LogP contribution in [0.4, 0.5) is 10.5 Å². The summed E-state index contributed by atoms with van der Waals surface area (Å²) in [5.74, 6) is 0. The number of likely N-dealkylation sites (N-methyl/N-ethyl adjacent to an activating group) is 1. The zero-order valence-electron chi connectivity index (χ0n) is 15.6. The minimum Gasteiger partial charge on any atom is -0.471 e. The average molecular weight is 369 g/mol. The van der Waals surface area contributed by atoms with Gasteiger partial charge in [-0.1, -0.05) is 24.3 Å². The molecule has 0 saturated carbocycles. The van der Waals surface area contributed by atoms with Gasteiger partial charge in [-0.2, -0.15) is 0 Å². The van der Waals surface area contributed by atoms with E-state index < -0.39 is 0 Å². The van der Waals surface area contributed by atoms with Crippen molar-refractivity contribution >= 4 is 40.1 Å². The molecular weight excluding hydrogens is 346 g/mol. The van der Waals surface area contributed by atoms with E-state index in [9.17, 15) is 4.79 Å². The number of aryl methyl sites for hydroxylation is 1. The molecule has 1 aliphatic rings. The predicted molar refractivity (Wildman–Crippen MR) is 105 cm³/mol. The van der Waals surface area contributed by atoms with E-state index >= 15 is 0 Å². The maximum Gasteiger partial charge on any atom is 0.414 e. The molecule has 1 saturated heterocycles.